The van der Waals surface area contributed by atoms with E-state index in [0.29, 0.717) is 11.7 Å². The van der Waals surface area contributed by atoms with E-state index in [-0.39, 0.29) is 11.2 Å². The molecule has 22 heavy (non-hydrogen) atoms. The molecule has 2 rings (SSSR count). The normalized spacial score (nSPS) is 17.4. The van der Waals surface area contributed by atoms with Crippen LogP contribution in [0.5, 0.6) is 0 Å². The molecule has 0 saturated heterocycles. The fraction of sp³-hybridized carbons (Fsp3) is 0.800. The number of nitrogens with zero attached hydrogens (tertiary/aromatic N) is 3. The largest absolute Gasteiger partial charge is 0.355 e. The maximum absolute atomic E-state index is 11.8. The molecule has 1 saturated carbocycles. The van der Waals surface area contributed by atoms with Crippen molar-refractivity contribution in [2.24, 2.45) is 5.92 Å². The van der Waals surface area contributed by atoms with E-state index in [4.69, 9.17) is 5.84 Å². The summed E-state index contributed by atoms with van der Waals surface area (Å²) in [7, 11) is 0. The molecule has 124 valence electrons. The number of hydrogen-bond donors (Lipinski definition) is 2. The minimum absolute atomic E-state index is 0.000689. The second-order valence-electron chi connectivity index (χ2n) is 5.97. The Morgan fingerprint density at radius 2 is 2.14 bits per heavy atom. The van der Waals surface area contributed by atoms with E-state index in [9.17, 15) is 4.79 Å². The molecular formula is C15H27N5OS. The molecule has 1 heterocycles. The molecular weight excluding hydrogens is 298 g/mol. The molecule has 0 bridgehead atoms. The Morgan fingerprint density at radius 3 is 2.82 bits per heavy atom. The number of hydrogen-bond acceptors (Lipinski definition) is 5. The maximum Gasteiger partial charge on any atom is 0.233 e. The molecule has 0 spiro atoms. The average Bonchev–Trinajstić information content (AvgIpc) is 2.87. The van der Waals surface area contributed by atoms with Crippen LogP contribution in [0.4, 0.5) is 0 Å². The van der Waals surface area contributed by atoms with E-state index >= 15 is 0 Å². The van der Waals surface area contributed by atoms with Gasteiger partial charge in [0.15, 0.2) is 5.82 Å². The van der Waals surface area contributed by atoms with Crippen molar-refractivity contribution < 1.29 is 4.79 Å². The zero-order valence-corrected chi connectivity index (χ0v) is 14.4. The van der Waals surface area contributed by atoms with Gasteiger partial charge in [-0.2, -0.15) is 0 Å². The van der Waals surface area contributed by atoms with E-state index in [1.165, 1.54) is 43.9 Å². The molecule has 3 N–H and O–H groups in total. The van der Waals surface area contributed by atoms with Gasteiger partial charge in [0, 0.05) is 13.0 Å². The first kappa shape index (κ1) is 17.1. The molecule has 7 heteroatoms. The summed E-state index contributed by atoms with van der Waals surface area (Å²) in [6.07, 6.45) is 8.73. The third kappa shape index (κ3) is 4.63. The highest BCUT2D eigenvalue weighted by molar-refractivity contribution is 8.00. The van der Waals surface area contributed by atoms with Crippen LogP contribution in [-0.2, 0) is 11.2 Å². The number of aromatic nitrogens is 3. The second kappa shape index (κ2) is 8.41. The maximum atomic E-state index is 11.8. The van der Waals surface area contributed by atoms with Crippen molar-refractivity contribution in [1.29, 1.82) is 0 Å². The fourth-order valence-corrected chi connectivity index (χ4v) is 3.71. The van der Waals surface area contributed by atoms with Gasteiger partial charge in [0.05, 0.1) is 5.25 Å². The zero-order chi connectivity index (χ0) is 15.9. The molecule has 6 nitrogen and oxygen atoms in total. The highest BCUT2D eigenvalue weighted by atomic mass is 32.2. The summed E-state index contributed by atoms with van der Waals surface area (Å²) in [6, 6.07) is 0. The number of thioether (sulfide) groups is 1. The molecule has 0 unspecified atom stereocenters. The van der Waals surface area contributed by atoms with Gasteiger partial charge < -0.3 is 11.2 Å². The lowest BCUT2D eigenvalue weighted by atomic mass is 9.86. The van der Waals surface area contributed by atoms with E-state index < -0.39 is 0 Å². The first-order valence-electron chi connectivity index (χ1n) is 8.25. The van der Waals surface area contributed by atoms with Crippen LogP contribution in [0.25, 0.3) is 0 Å². The molecule has 1 aliphatic carbocycles. The lowest BCUT2D eigenvalue weighted by Gasteiger charge is -2.20. The molecule has 1 atom stereocenters. The third-order valence-corrected chi connectivity index (χ3v) is 5.30. The van der Waals surface area contributed by atoms with Gasteiger partial charge in [-0.15, -0.1) is 10.2 Å². The Kier molecular flexibility index (Phi) is 6.54. The summed E-state index contributed by atoms with van der Waals surface area (Å²) >= 11 is 1.35. The number of nitrogen functional groups attached to an aromatic ring is 1. The first-order chi connectivity index (χ1) is 10.6. The van der Waals surface area contributed by atoms with Gasteiger partial charge in [0.1, 0.15) is 0 Å². The Hall–Kier alpha value is -1.24. The number of aryl methyl sites for hydroxylation is 1. The SMILES string of the molecule is CCNC(=O)[C@H](C)Sc1nnc(CCC2CCCCC2)n1N. The number of nitrogens with two attached hydrogens (primary N) is 1. The smallest absolute Gasteiger partial charge is 0.233 e. The van der Waals surface area contributed by atoms with Crippen LogP contribution >= 0.6 is 11.8 Å². The van der Waals surface area contributed by atoms with Crippen LogP contribution < -0.4 is 11.2 Å². The fourth-order valence-electron chi connectivity index (χ4n) is 2.90. The van der Waals surface area contributed by atoms with Crippen molar-refractivity contribution in [2.45, 2.75) is 69.2 Å². The van der Waals surface area contributed by atoms with Gasteiger partial charge >= 0.3 is 0 Å². The number of carbonyl (C=O) groups excluding carboxylic acids is 1. The van der Waals surface area contributed by atoms with Crippen molar-refractivity contribution in [1.82, 2.24) is 20.2 Å². The van der Waals surface area contributed by atoms with Gasteiger partial charge in [0.25, 0.3) is 0 Å². The predicted molar refractivity (Wildman–Crippen MR) is 89.1 cm³/mol. The highest BCUT2D eigenvalue weighted by Crippen LogP contribution is 2.27. The number of nitrogens with one attached hydrogen (secondary N) is 1. The summed E-state index contributed by atoms with van der Waals surface area (Å²) < 4.78 is 1.54. The summed E-state index contributed by atoms with van der Waals surface area (Å²) in [5, 5.41) is 11.5. The van der Waals surface area contributed by atoms with Gasteiger partial charge in [-0.25, -0.2) is 4.68 Å². The van der Waals surface area contributed by atoms with Crippen molar-refractivity contribution >= 4 is 17.7 Å². The quantitative estimate of drug-likeness (QED) is 0.592. The second-order valence-corrected chi connectivity index (χ2v) is 7.27. The molecule has 1 fully saturated rings. The highest BCUT2D eigenvalue weighted by Gasteiger charge is 2.20. The molecule has 1 aliphatic rings. The van der Waals surface area contributed by atoms with E-state index in [1.807, 2.05) is 13.8 Å². The lowest BCUT2D eigenvalue weighted by Crippen LogP contribution is -2.31. The summed E-state index contributed by atoms with van der Waals surface area (Å²) in [6.45, 7) is 4.39. The van der Waals surface area contributed by atoms with Crippen LogP contribution in [0.1, 0.15) is 58.2 Å². The molecule has 1 aromatic heterocycles. The summed E-state index contributed by atoms with van der Waals surface area (Å²) in [5.74, 6) is 7.70. The summed E-state index contributed by atoms with van der Waals surface area (Å²) in [5.41, 5.74) is 0. The van der Waals surface area contributed by atoms with E-state index in [0.717, 1.165) is 24.6 Å². The van der Waals surface area contributed by atoms with Gasteiger partial charge in [0.2, 0.25) is 11.1 Å². The minimum atomic E-state index is -0.224. The monoisotopic (exact) mass is 325 g/mol. The van der Waals surface area contributed by atoms with Crippen molar-refractivity contribution in [3.63, 3.8) is 0 Å². The third-order valence-electron chi connectivity index (χ3n) is 4.24. The van der Waals surface area contributed by atoms with Crippen LogP contribution in [-0.4, -0.2) is 32.6 Å². The Labute approximate surface area is 136 Å². The van der Waals surface area contributed by atoms with Crippen molar-refractivity contribution in [3.05, 3.63) is 5.82 Å². The Balaban J connectivity index is 1.87. The Bertz CT molecular complexity index is 484. The van der Waals surface area contributed by atoms with Gasteiger partial charge in [-0.05, 0) is 26.2 Å². The number of rotatable bonds is 7. The predicted octanol–water partition coefficient (Wildman–Crippen LogP) is 2.12. The first-order valence-corrected chi connectivity index (χ1v) is 9.13. The molecule has 0 aliphatic heterocycles. The van der Waals surface area contributed by atoms with Gasteiger partial charge in [-0.1, -0.05) is 43.9 Å². The zero-order valence-electron chi connectivity index (χ0n) is 13.5. The van der Waals surface area contributed by atoms with Crippen molar-refractivity contribution in [3.8, 4) is 0 Å². The molecule has 0 aromatic carbocycles. The number of amides is 1. The van der Waals surface area contributed by atoms with Crippen LogP contribution in [0.15, 0.2) is 5.16 Å². The molecule has 0 radical (unpaired) electrons. The van der Waals surface area contributed by atoms with Crippen molar-refractivity contribution in [2.75, 3.05) is 12.4 Å². The topological polar surface area (TPSA) is 85.8 Å². The van der Waals surface area contributed by atoms with Crippen LogP contribution in [0.2, 0.25) is 0 Å². The standard InChI is InChI=1S/C15H27N5OS/c1-3-17-14(21)11(2)22-15-19-18-13(20(15)16)10-9-12-7-5-4-6-8-12/h11-12H,3-10,16H2,1-2H3,(H,17,21)/t11-/m0/s1. The van der Waals surface area contributed by atoms with Crippen LogP contribution in [0, 0.1) is 5.92 Å². The summed E-state index contributed by atoms with van der Waals surface area (Å²) in [4.78, 5) is 11.8. The Morgan fingerprint density at radius 1 is 1.41 bits per heavy atom. The van der Waals surface area contributed by atoms with E-state index in [2.05, 4.69) is 15.5 Å². The minimum Gasteiger partial charge on any atom is -0.355 e. The van der Waals surface area contributed by atoms with E-state index in [1.54, 1.807) is 4.68 Å². The average molecular weight is 325 g/mol. The van der Waals surface area contributed by atoms with Gasteiger partial charge in [-0.3, -0.25) is 4.79 Å². The van der Waals surface area contributed by atoms with Crippen LogP contribution in [0.3, 0.4) is 0 Å². The lowest BCUT2D eigenvalue weighted by molar-refractivity contribution is -0.120. The molecule has 1 amide bonds. The number of carbonyl (C=O) groups is 1. The molecule has 1 aromatic rings.